The van der Waals surface area contributed by atoms with Gasteiger partial charge in [-0.25, -0.2) is 0 Å². The molecule has 1 aliphatic carbocycles. The Bertz CT molecular complexity index is 566. The van der Waals surface area contributed by atoms with Gasteiger partial charge in [-0.3, -0.25) is 14.7 Å². The minimum Gasteiger partial charge on any atom is -0.368 e. The Morgan fingerprint density at radius 3 is 2.59 bits per heavy atom. The van der Waals surface area contributed by atoms with Crippen molar-refractivity contribution in [2.24, 2.45) is 11.1 Å². The van der Waals surface area contributed by atoms with E-state index in [0.29, 0.717) is 12.1 Å². The molecule has 1 aromatic rings. The number of likely N-dealkylation sites (tertiary alicyclic amines) is 1. The molecule has 1 saturated heterocycles. The molecule has 2 fully saturated rings. The van der Waals surface area contributed by atoms with E-state index in [2.05, 4.69) is 4.98 Å². The van der Waals surface area contributed by atoms with E-state index in [1.807, 2.05) is 4.90 Å². The number of nitrogens with zero attached hydrogens (tertiary/aromatic N) is 2. The van der Waals surface area contributed by atoms with Crippen LogP contribution in [0.4, 0.5) is 13.2 Å². The molecule has 2 N–H and O–H groups in total. The first-order chi connectivity index (χ1) is 10.3. The van der Waals surface area contributed by atoms with Gasteiger partial charge in [-0.2, -0.15) is 13.2 Å². The smallest absolute Gasteiger partial charge is 0.368 e. The zero-order valence-corrected chi connectivity index (χ0v) is 12.1. The number of rotatable bonds is 3. The lowest BCUT2D eigenvalue weighted by atomic mass is 9.87. The van der Waals surface area contributed by atoms with E-state index >= 15 is 0 Å². The van der Waals surface area contributed by atoms with Crippen molar-refractivity contribution in [3.63, 3.8) is 0 Å². The van der Waals surface area contributed by atoms with Crippen LogP contribution in [-0.4, -0.2) is 28.4 Å². The summed E-state index contributed by atoms with van der Waals surface area (Å²) in [5.74, 6) is -0.356. The van der Waals surface area contributed by atoms with Crippen molar-refractivity contribution in [1.29, 1.82) is 0 Å². The Balaban J connectivity index is 1.70. The van der Waals surface area contributed by atoms with Gasteiger partial charge in [-0.1, -0.05) is 6.07 Å². The van der Waals surface area contributed by atoms with Gasteiger partial charge in [-0.15, -0.1) is 0 Å². The summed E-state index contributed by atoms with van der Waals surface area (Å²) in [4.78, 5) is 17.1. The normalized spacial score (nSPS) is 24.4. The predicted octanol–water partition coefficient (Wildman–Crippen LogP) is 2.33. The van der Waals surface area contributed by atoms with Crippen LogP contribution in [0, 0.1) is 5.41 Å². The molecule has 1 aromatic heterocycles. The molecule has 1 spiro atoms. The molecule has 22 heavy (non-hydrogen) atoms. The lowest BCUT2D eigenvalue weighted by molar-refractivity contribution is -0.141. The number of amides is 1. The van der Waals surface area contributed by atoms with Gasteiger partial charge in [0.15, 0.2) is 0 Å². The second-order valence-corrected chi connectivity index (χ2v) is 6.39. The average molecular weight is 313 g/mol. The molecule has 2 aliphatic rings. The van der Waals surface area contributed by atoms with Crippen molar-refractivity contribution < 1.29 is 18.0 Å². The van der Waals surface area contributed by atoms with Gasteiger partial charge in [-0.05, 0) is 49.3 Å². The summed E-state index contributed by atoms with van der Waals surface area (Å²) >= 11 is 0. The fraction of sp³-hybridized carbons (Fsp3) is 0.600. The van der Waals surface area contributed by atoms with E-state index in [0.717, 1.165) is 38.3 Å². The monoisotopic (exact) mass is 313 g/mol. The number of piperidine rings is 1. The van der Waals surface area contributed by atoms with Gasteiger partial charge >= 0.3 is 6.18 Å². The SMILES string of the molecule is NC(=O)C1CC2(CCN1Cc1ccc(C(F)(F)F)nc1)CC2. The third-order valence-corrected chi connectivity index (χ3v) is 4.78. The van der Waals surface area contributed by atoms with Gasteiger partial charge in [0.2, 0.25) is 5.91 Å². The van der Waals surface area contributed by atoms with Gasteiger partial charge in [0.1, 0.15) is 5.69 Å². The molecule has 3 rings (SSSR count). The van der Waals surface area contributed by atoms with Crippen LogP contribution in [-0.2, 0) is 17.5 Å². The zero-order chi connectivity index (χ0) is 16.0. The Kier molecular flexibility index (Phi) is 3.63. The molecule has 2 heterocycles. The first kappa shape index (κ1) is 15.3. The Morgan fingerprint density at radius 2 is 2.09 bits per heavy atom. The van der Waals surface area contributed by atoms with Crippen molar-refractivity contribution >= 4 is 5.91 Å². The molecule has 1 saturated carbocycles. The van der Waals surface area contributed by atoms with E-state index in [4.69, 9.17) is 5.73 Å². The molecule has 1 atom stereocenters. The molecule has 0 radical (unpaired) electrons. The van der Waals surface area contributed by atoms with E-state index in [1.165, 1.54) is 12.3 Å². The van der Waals surface area contributed by atoms with Crippen LogP contribution in [0.25, 0.3) is 0 Å². The van der Waals surface area contributed by atoms with Gasteiger partial charge in [0, 0.05) is 12.7 Å². The van der Waals surface area contributed by atoms with Gasteiger partial charge in [0.05, 0.1) is 6.04 Å². The third-order valence-electron chi connectivity index (χ3n) is 4.78. The van der Waals surface area contributed by atoms with Crippen molar-refractivity contribution in [2.45, 2.75) is 44.4 Å². The fourth-order valence-corrected chi connectivity index (χ4v) is 3.20. The van der Waals surface area contributed by atoms with Crippen LogP contribution in [0.5, 0.6) is 0 Å². The van der Waals surface area contributed by atoms with Crippen molar-refractivity contribution in [3.8, 4) is 0 Å². The highest BCUT2D eigenvalue weighted by Gasteiger charge is 2.49. The number of halogens is 3. The van der Waals surface area contributed by atoms with E-state index in [1.54, 1.807) is 0 Å². The maximum absolute atomic E-state index is 12.5. The number of carbonyl (C=O) groups excluding carboxylic acids is 1. The quantitative estimate of drug-likeness (QED) is 0.932. The highest BCUT2D eigenvalue weighted by atomic mass is 19.4. The number of hydrogen-bond donors (Lipinski definition) is 1. The summed E-state index contributed by atoms with van der Waals surface area (Å²) in [6.45, 7) is 1.14. The van der Waals surface area contributed by atoms with E-state index in [9.17, 15) is 18.0 Å². The number of hydrogen-bond acceptors (Lipinski definition) is 3. The number of aromatic nitrogens is 1. The van der Waals surface area contributed by atoms with Crippen LogP contribution < -0.4 is 5.73 Å². The number of nitrogens with two attached hydrogens (primary N) is 1. The first-order valence-corrected chi connectivity index (χ1v) is 7.35. The van der Waals surface area contributed by atoms with Crippen LogP contribution in [0.3, 0.4) is 0 Å². The van der Waals surface area contributed by atoms with Crippen LogP contribution in [0.2, 0.25) is 0 Å². The molecule has 0 aromatic carbocycles. The maximum atomic E-state index is 12.5. The molecule has 1 unspecified atom stereocenters. The Labute approximate surface area is 126 Å². The van der Waals surface area contributed by atoms with E-state index in [-0.39, 0.29) is 17.4 Å². The number of alkyl halides is 3. The lowest BCUT2D eigenvalue weighted by Gasteiger charge is -2.38. The largest absolute Gasteiger partial charge is 0.433 e. The molecule has 0 bridgehead atoms. The van der Waals surface area contributed by atoms with Crippen molar-refractivity contribution in [1.82, 2.24) is 9.88 Å². The van der Waals surface area contributed by atoms with Crippen LogP contribution in [0.15, 0.2) is 18.3 Å². The van der Waals surface area contributed by atoms with Crippen molar-refractivity contribution in [3.05, 3.63) is 29.6 Å². The number of carbonyl (C=O) groups is 1. The number of primary amides is 1. The standard InChI is InChI=1S/C15H18F3N3O/c16-15(17,18)12-2-1-10(8-20-12)9-21-6-5-14(3-4-14)7-11(21)13(19)22/h1-2,8,11H,3-7,9H2,(H2,19,22). The topological polar surface area (TPSA) is 59.2 Å². The second-order valence-electron chi connectivity index (χ2n) is 6.39. The maximum Gasteiger partial charge on any atom is 0.433 e. The molecule has 1 amide bonds. The summed E-state index contributed by atoms with van der Waals surface area (Å²) in [6, 6.07) is 2.05. The summed E-state index contributed by atoms with van der Waals surface area (Å²) in [5.41, 5.74) is 5.54. The second kappa shape index (κ2) is 5.22. The van der Waals surface area contributed by atoms with Gasteiger partial charge in [0.25, 0.3) is 0 Å². The van der Waals surface area contributed by atoms with Crippen LogP contribution >= 0.6 is 0 Å². The summed E-state index contributed by atoms with van der Waals surface area (Å²) < 4.78 is 37.5. The summed E-state index contributed by atoms with van der Waals surface area (Å²) in [5, 5.41) is 0. The van der Waals surface area contributed by atoms with Crippen LogP contribution in [0.1, 0.15) is 36.9 Å². The van der Waals surface area contributed by atoms with Gasteiger partial charge < -0.3 is 5.73 Å². The molecular weight excluding hydrogens is 295 g/mol. The molecule has 120 valence electrons. The highest BCUT2D eigenvalue weighted by molar-refractivity contribution is 5.80. The zero-order valence-electron chi connectivity index (χ0n) is 12.1. The Morgan fingerprint density at radius 1 is 1.36 bits per heavy atom. The molecule has 7 heteroatoms. The summed E-state index contributed by atoms with van der Waals surface area (Å²) in [6.07, 6.45) is 0.861. The highest BCUT2D eigenvalue weighted by Crippen LogP contribution is 2.55. The average Bonchev–Trinajstić information content (AvgIpc) is 3.20. The molecule has 1 aliphatic heterocycles. The predicted molar refractivity (Wildman–Crippen MR) is 73.5 cm³/mol. The van der Waals surface area contributed by atoms with Crippen molar-refractivity contribution in [2.75, 3.05) is 6.54 Å². The number of pyridine rings is 1. The minimum atomic E-state index is -4.43. The fourth-order valence-electron chi connectivity index (χ4n) is 3.20. The molecule has 4 nitrogen and oxygen atoms in total. The lowest BCUT2D eigenvalue weighted by Crippen LogP contribution is -2.49. The van der Waals surface area contributed by atoms with E-state index < -0.39 is 11.9 Å². The third kappa shape index (κ3) is 3.09. The summed E-state index contributed by atoms with van der Waals surface area (Å²) in [7, 11) is 0. The minimum absolute atomic E-state index is 0.286. The molecular formula is C15H18F3N3O. The first-order valence-electron chi connectivity index (χ1n) is 7.35. The Hall–Kier alpha value is -1.63.